The third kappa shape index (κ3) is 3.88. The van der Waals surface area contributed by atoms with Crippen molar-refractivity contribution in [1.29, 1.82) is 0 Å². The zero-order chi connectivity index (χ0) is 17.7. The van der Waals surface area contributed by atoms with Crippen molar-refractivity contribution in [2.75, 3.05) is 20.8 Å². The topological polar surface area (TPSA) is 82.5 Å². The summed E-state index contributed by atoms with van der Waals surface area (Å²) >= 11 is 0. The molecule has 0 radical (unpaired) electrons. The number of nitrogens with one attached hydrogen (secondary N) is 1. The number of hydrogen-bond acceptors (Lipinski definition) is 5. The average molecular weight is 353 g/mol. The summed E-state index contributed by atoms with van der Waals surface area (Å²) in [6.07, 6.45) is 1.93. The van der Waals surface area contributed by atoms with E-state index in [4.69, 9.17) is 9.47 Å². The van der Waals surface area contributed by atoms with Crippen LogP contribution in [0.5, 0.6) is 11.5 Å². The van der Waals surface area contributed by atoms with Crippen molar-refractivity contribution in [3.05, 3.63) is 35.7 Å². The highest BCUT2D eigenvalue weighted by molar-refractivity contribution is 7.89. The average Bonchev–Trinajstić information content (AvgIpc) is 2.96. The monoisotopic (exact) mass is 353 g/mol. The normalized spacial score (nSPS) is 11.5. The highest BCUT2D eigenvalue weighted by atomic mass is 32.2. The molecule has 24 heavy (non-hydrogen) atoms. The van der Waals surface area contributed by atoms with Crippen LogP contribution in [0.4, 0.5) is 0 Å². The van der Waals surface area contributed by atoms with Crippen LogP contribution in [-0.2, 0) is 23.0 Å². The minimum atomic E-state index is -3.57. The molecule has 0 spiro atoms. The van der Waals surface area contributed by atoms with Gasteiger partial charge in [0.05, 0.1) is 26.1 Å². The third-order valence-electron chi connectivity index (χ3n) is 3.80. The molecule has 0 aliphatic carbocycles. The summed E-state index contributed by atoms with van der Waals surface area (Å²) in [4.78, 5) is 0.219. The quantitative estimate of drug-likeness (QED) is 0.782. The molecule has 0 bridgehead atoms. The molecule has 8 heteroatoms. The van der Waals surface area contributed by atoms with Crippen LogP contribution in [0.15, 0.2) is 29.3 Å². The zero-order valence-corrected chi connectivity index (χ0v) is 15.2. The number of nitrogens with zero attached hydrogens (tertiary/aromatic N) is 2. The number of hydrogen-bond donors (Lipinski definition) is 1. The lowest BCUT2D eigenvalue weighted by Crippen LogP contribution is -2.26. The van der Waals surface area contributed by atoms with Gasteiger partial charge in [-0.1, -0.05) is 6.07 Å². The Morgan fingerprint density at radius 3 is 2.50 bits per heavy atom. The second-order valence-corrected chi connectivity index (χ2v) is 6.98. The first-order valence-electron chi connectivity index (χ1n) is 7.66. The van der Waals surface area contributed by atoms with Crippen LogP contribution in [0.3, 0.4) is 0 Å². The molecule has 0 saturated heterocycles. The van der Waals surface area contributed by atoms with Crippen molar-refractivity contribution >= 4 is 10.0 Å². The minimum absolute atomic E-state index is 0.219. The molecule has 1 aromatic carbocycles. The summed E-state index contributed by atoms with van der Waals surface area (Å²) in [7, 11) is -0.426. The summed E-state index contributed by atoms with van der Waals surface area (Å²) in [6, 6.07) is 5.53. The van der Waals surface area contributed by atoms with E-state index in [-0.39, 0.29) is 11.4 Å². The molecule has 1 heterocycles. The second-order valence-electron chi connectivity index (χ2n) is 5.25. The number of methoxy groups -OCH3 is 2. The summed E-state index contributed by atoms with van der Waals surface area (Å²) in [5.41, 5.74) is 1.59. The molecule has 2 aromatic rings. The second kappa shape index (κ2) is 7.67. The fraction of sp³-hybridized carbons (Fsp3) is 0.438. The third-order valence-corrected chi connectivity index (χ3v) is 5.36. The number of aryl methyl sites for hydroxylation is 1. The van der Waals surface area contributed by atoms with Crippen molar-refractivity contribution in [1.82, 2.24) is 14.5 Å². The lowest BCUT2D eigenvalue weighted by Gasteiger charge is -2.10. The standard InChI is InChI=1S/C16H23N3O4S/c1-5-19-12(2)16(11-17-19)24(20,21)18-9-8-13-6-7-14(22-3)15(10-13)23-4/h6-7,10-11,18H,5,8-9H2,1-4H3. The van der Waals surface area contributed by atoms with E-state index in [2.05, 4.69) is 9.82 Å². The number of sulfonamides is 1. The van der Waals surface area contributed by atoms with Gasteiger partial charge in [-0.2, -0.15) is 5.10 Å². The Kier molecular flexibility index (Phi) is 5.84. The van der Waals surface area contributed by atoms with E-state index in [1.165, 1.54) is 6.20 Å². The number of rotatable bonds is 8. The van der Waals surface area contributed by atoms with Crippen molar-refractivity contribution < 1.29 is 17.9 Å². The molecule has 0 aliphatic heterocycles. The Morgan fingerprint density at radius 2 is 1.92 bits per heavy atom. The van der Waals surface area contributed by atoms with Crippen LogP contribution in [0.25, 0.3) is 0 Å². The highest BCUT2D eigenvalue weighted by Gasteiger charge is 2.20. The molecule has 1 N–H and O–H groups in total. The first-order valence-corrected chi connectivity index (χ1v) is 9.14. The molecular formula is C16H23N3O4S. The Bertz CT molecular complexity index is 800. The summed E-state index contributed by atoms with van der Waals surface area (Å²) in [6.45, 7) is 4.59. The Morgan fingerprint density at radius 1 is 1.21 bits per heavy atom. The van der Waals surface area contributed by atoms with Crippen molar-refractivity contribution in [2.45, 2.75) is 31.7 Å². The molecule has 1 aromatic heterocycles. The SMILES string of the molecule is CCn1ncc(S(=O)(=O)NCCc2ccc(OC)c(OC)c2)c1C. The highest BCUT2D eigenvalue weighted by Crippen LogP contribution is 2.27. The predicted molar refractivity (Wildman–Crippen MR) is 91.1 cm³/mol. The molecule has 0 saturated carbocycles. The van der Waals surface area contributed by atoms with Gasteiger partial charge >= 0.3 is 0 Å². The van der Waals surface area contributed by atoms with Crippen LogP contribution < -0.4 is 14.2 Å². The van der Waals surface area contributed by atoms with Gasteiger partial charge in [-0.15, -0.1) is 0 Å². The van der Waals surface area contributed by atoms with Gasteiger partial charge in [-0.3, -0.25) is 4.68 Å². The van der Waals surface area contributed by atoms with E-state index in [1.54, 1.807) is 31.9 Å². The molecule has 0 aliphatic rings. The summed E-state index contributed by atoms with van der Waals surface area (Å²) in [5.74, 6) is 1.27. The van der Waals surface area contributed by atoms with Gasteiger partial charge < -0.3 is 9.47 Å². The van der Waals surface area contributed by atoms with Crippen LogP contribution >= 0.6 is 0 Å². The Hall–Kier alpha value is -2.06. The van der Waals surface area contributed by atoms with Crippen molar-refractivity contribution in [3.63, 3.8) is 0 Å². The van der Waals surface area contributed by atoms with Crippen LogP contribution in [0.2, 0.25) is 0 Å². The van der Waals surface area contributed by atoms with Crippen LogP contribution in [-0.4, -0.2) is 39.0 Å². The fourth-order valence-electron chi connectivity index (χ4n) is 2.46. The summed E-state index contributed by atoms with van der Waals surface area (Å²) in [5, 5.41) is 4.08. The number of benzene rings is 1. The smallest absolute Gasteiger partial charge is 0.243 e. The zero-order valence-electron chi connectivity index (χ0n) is 14.4. The van der Waals surface area contributed by atoms with Gasteiger partial charge in [0.2, 0.25) is 10.0 Å². The van der Waals surface area contributed by atoms with E-state index in [0.717, 1.165) is 5.56 Å². The van der Waals surface area contributed by atoms with E-state index in [1.807, 2.05) is 19.1 Å². The van der Waals surface area contributed by atoms with Gasteiger partial charge in [0.15, 0.2) is 11.5 Å². The molecule has 0 atom stereocenters. The van der Waals surface area contributed by atoms with E-state index < -0.39 is 10.0 Å². The van der Waals surface area contributed by atoms with Gasteiger partial charge in [0.1, 0.15) is 4.90 Å². The number of ether oxygens (including phenoxy) is 2. The van der Waals surface area contributed by atoms with E-state index in [9.17, 15) is 8.42 Å². The van der Waals surface area contributed by atoms with Gasteiger partial charge in [0, 0.05) is 13.1 Å². The predicted octanol–water partition coefficient (Wildman–Crippen LogP) is 1.75. The lowest BCUT2D eigenvalue weighted by atomic mass is 10.1. The molecule has 0 fully saturated rings. The van der Waals surface area contributed by atoms with Crippen molar-refractivity contribution in [2.24, 2.45) is 0 Å². The molecule has 2 rings (SSSR count). The lowest BCUT2D eigenvalue weighted by molar-refractivity contribution is 0.354. The maximum atomic E-state index is 12.4. The minimum Gasteiger partial charge on any atom is -0.493 e. The summed E-state index contributed by atoms with van der Waals surface area (Å²) < 4.78 is 39.5. The maximum absolute atomic E-state index is 12.4. The fourth-order valence-corrected chi connectivity index (χ4v) is 3.66. The number of aromatic nitrogens is 2. The molecular weight excluding hydrogens is 330 g/mol. The Labute approximate surface area is 142 Å². The molecule has 0 unspecified atom stereocenters. The van der Waals surface area contributed by atoms with Crippen LogP contribution in [0.1, 0.15) is 18.2 Å². The van der Waals surface area contributed by atoms with Crippen LogP contribution in [0, 0.1) is 6.92 Å². The molecule has 0 amide bonds. The van der Waals surface area contributed by atoms with Gasteiger partial charge in [-0.05, 0) is 38.0 Å². The largest absolute Gasteiger partial charge is 0.493 e. The molecule has 132 valence electrons. The van der Waals surface area contributed by atoms with E-state index >= 15 is 0 Å². The van der Waals surface area contributed by atoms with Gasteiger partial charge in [0.25, 0.3) is 0 Å². The van der Waals surface area contributed by atoms with Gasteiger partial charge in [-0.25, -0.2) is 13.1 Å². The first kappa shape index (κ1) is 18.3. The maximum Gasteiger partial charge on any atom is 0.243 e. The first-order chi connectivity index (χ1) is 11.4. The molecule has 7 nitrogen and oxygen atoms in total. The Balaban J connectivity index is 2.04. The van der Waals surface area contributed by atoms with Crippen molar-refractivity contribution in [3.8, 4) is 11.5 Å². The van der Waals surface area contributed by atoms with E-state index in [0.29, 0.717) is 30.2 Å².